The molecule has 1 saturated heterocycles. The van der Waals surface area contributed by atoms with E-state index in [2.05, 4.69) is 32.2 Å². The Bertz CT molecular complexity index is 567. The molecule has 2 aromatic heterocycles. The van der Waals surface area contributed by atoms with Crippen LogP contribution in [-0.4, -0.2) is 53.6 Å². The predicted molar refractivity (Wildman–Crippen MR) is 73.3 cm³/mol. The molecule has 19 heavy (non-hydrogen) atoms. The van der Waals surface area contributed by atoms with Gasteiger partial charge in [0.1, 0.15) is 5.52 Å². The molecule has 3 rings (SSSR count). The van der Waals surface area contributed by atoms with Crippen LogP contribution in [0.3, 0.4) is 0 Å². The van der Waals surface area contributed by atoms with E-state index in [1.54, 1.807) is 13.3 Å². The zero-order chi connectivity index (χ0) is 13.2. The van der Waals surface area contributed by atoms with Crippen LogP contribution in [0.2, 0.25) is 0 Å². The lowest BCUT2D eigenvalue weighted by Gasteiger charge is -2.19. The first kappa shape index (κ1) is 12.4. The Balaban J connectivity index is 1.98. The molecule has 102 valence electrons. The Morgan fingerprint density at radius 2 is 2.37 bits per heavy atom. The van der Waals surface area contributed by atoms with Gasteiger partial charge in [0, 0.05) is 24.3 Å². The lowest BCUT2D eigenvalue weighted by molar-refractivity contribution is 0.327. The Morgan fingerprint density at radius 3 is 3.21 bits per heavy atom. The third kappa shape index (κ3) is 2.41. The molecule has 0 amide bonds. The average Bonchev–Trinajstić information content (AvgIpc) is 2.73. The van der Waals surface area contributed by atoms with Gasteiger partial charge in [-0.3, -0.25) is 0 Å². The summed E-state index contributed by atoms with van der Waals surface area (Å²) in [7, 11) is 3.75. The maximum atomic E-state index is 5.11. The zero-order valence-electron chi connectivity index (χ0n) is 11.3. The fraction of sp³-hybridized carbons (Fsp3) is 0.538. The number of rotatable bonds is 2. The highest BCUT2D eigenvalue weighted by molar-refractivity contribution is 5.78. The van der Waals surface area contributed by atoms with Gasteiger partial charge in [0.2, 0.25) is 0 Å². The molecule has 6 heteroatoms. The molecule has 1 atom stereocenters. The van der Waals surface area contributed by atoms with Gasteiger partial charge in [0.25, 0.3) is 0 Å². The van der Waals surface area contributed by atoms with Gasteiger partial charge in [0.05, 0.1) is 18.8 Å². The second-order valence-electron chi connectivity index (χ2n) is 4.99. The van der Waals surface area contributed by atoms with E-state index in [1.807, 2.05) is 6.20 Å². The fourth-order valence-corrected chi connectivity index (χ4v) is 2.58. The van der Waals surface area contributed by atoms with Crippen molar-refractivity contribution in [1.82, 2.24) is 25.2 Å². The number of hydrogen-bond acceptors (Lipinski definition) is 5. The summed E-state index contributed by atoms with van der Waals surface area (Å²) >= 11 is 0. The lowest BCUT2D eigenvalue weighted by atomic mass is 10.1. The second-order valence-corrected chi connectivity index (χ2v) is 4.99. The topological polar surface area (TPSA) is 66.1 Å². The quantitative estimate of drug-likeness (QED) is 0.842. The van der Waals surface area contributed by atoms with Crippen LogP contribution in [0.15, 0.2) is 12.4 Å². The highest BCUT2D eigenvalue weighted by atomic mass is 16.5. The fourth-order valence-electron chi connectivity index (χ4n) is 2.58. The van der Waals surface area contributed by atoms with Gasteiger partial charge in [-0.05, 0) is 26.6 Å². The summed E-state index contributed by atoms with van der Waals surface area (Å²) in [6.45, 7) is 3.15. The summed E-state index contributed by atoms with van der Waals surface area (Å²) < 4.78 is 5.11. The van der Waals surface area contributed by atoms with Gasteiger partial charge in [-0.25, -0.2) is 4.98 Å². The van der Waals surface area contributed by atoms with E-state index in [-0.39, 0.29) is 0 Å². The molecule has 0 spiro atoms. The lowest BCUT2D eigenvalue weighted by Crippen LogP contribution is -2.28. The largest absolute Gasteiger partial charge is 0.467 e. The van der Waals surface area contributed by atoms with Crippen molar-refractivity contribution in [3.05, 3.63) is 18.0 Å². The number of likely N-dealkylation sites (N-methyl/N-ethyl adjacent to an activating group) is 1. The van der Waals surface area contributed by atoms with Crippen LogP contribution in [0.1, 0.15) is 18.0 Å². The molecule has 2 aromatic rings. The summed E-state index contributed by atoms with van der Waals surface area (Å²) in [5.41, 5.74) is 3.08. The highest BCUT2D eigenvalue weighted by Gasteiger charge is 2.21. The van der Waals surface area contributed by atoms with Gasteiger partial charge in [-0.2, -0.15) is 4.98 Å². The molecule has 3 heterocycles. The number of fused-ring (bicyclic) bond motifs is 1. The molecule has 1 aliphatic rings. The number of aromatic amines is 1. The summed E-state index contributed by atoms with van der Waals surface area (Å²) in [5.74, 6) is 0. The maximum absolute atomic E-state index is 5.11. The zero-order valence-corrected chi connectivity index (χ0v) is 11.3. The first-order valence-electron chi connectivity index (χ1n) is 6.58. The second kappa shape index (κ2) is 5.14. The van der Waals surface area contributed by atoms with Crippen LogP contribution in [0.25, 0.3) is 11.0 Å². The smallest absolute Gasteiger partial charge is 0.316 e. The SMILES string of the molecule is COc1ncc2[nH]cc(C3CN(C)CCCN3)c2n1. The first-order valence-corrected chi connectivity index (χ1v) is 6.58. The Kier molecular flexibility index (Phi) is 3.35. The number of aromatic nitrogens is 3. The molecule has 0 saturated carbocycles. The molecular formula is C13H19N5O. The number of ether oxygens (including phenoxy) is 1. The minimum atomic E-state index is 0.292. The normalized spacial score (nSPS) is 21.5. The number of methoxy groups -OCH3 is 1. The number of hydrogen-bond donors (Lipinski definition) is 2. The minimum absolute atomic E-state index is 0.292. The summed E-state index contributed by atoms with van der Waals surface area (Å²) in [4.78, 5) is 14.2. The van der Waals surface area contributed by atoms with Gasteiger partial charge in [-0.1, -0.05) is 0 Å². The van der Waals surface area contributed by atoms with Crippen LogP contribution in [0.4, 0.5) is 0 Å². The van der Waals surface area contributed by atoms with E-state index in [9.17, 15) is 0 Å². The van der Waals surface area contributed by atoms with E-state index in [0.717, 1.165) is 30.7 Å². The van der Waals surface area contributed by atoms with E-state index >= 15 is 0 Å². The molecule has 1 unspecified atom stereocenters. The van der Waals surface area contributed by atoms with Crippen molar-refractivity contribution in [1.29, 1.82) is 0 Å². The third-order valence-corrected chi connectivity index (χ3v) is 3.58. The van der Waals surface area contributed by atoms with Crippen molar-refractivity contribution in [2.75, 3.05) is 33.8 Å². The maximum Gasteiger partial charge on any atom is 0.316 e. The monoisotopic (exact) mass is 261 g/mol. The van der Waals surface area contributed by atoms with E-state index < -0.39 is 0 Å². The molecule has 6 nitrogen and oxygen atoms in total. The third-order valence-electron chi connectivity index (χ3n) is 3.58. The van der Waals surface area contributed by atoms with Crippen molar-refractivity contribution >= 4 is 11.0 Å². The highest BCUT2D eigenvalue weighted by Crippen LogP contribution is 2.25. The standard InChI is InChI=1S/C13H19N5O/c1-18-5-3-4-14-11(8-18)9-6-15-10-7-16-13(19-2)17-12(9)10/h6-7,11,14-15H,3-5,8H2,1-2H3. The van der Waals surface area contributed by atoms with Crippen molar-refractivity contribution in [2.45, 2.75) is 12.5 Å². The van der Waals surface area contributed by atoms with Crippen LogP contribution in [0.5, 0.6) is 6.01 Å². The molecule has 0 aromatic carbocycles. The Hall–Kier alpha value is -1.66. The van der Waals surface area contributed by atoms with Gasteiger partial charge in [-0.15, -0.1) is 0 Å². The van der Waals surface area contributed by atoms with Crippen LogP contribution < -0.4 is 10.1 Å². The van der Waals surface area contributed by atoms with Gasteiger partial charge in [0.15, 0.2) is 0 Å². The number of nitrogens with one attached hydrogen (secondary N) is 2. The summed E-state index contributed by atoms with van der Waals surface area (Å²) in [6, 6.07) is 0.705. The number of nitrogens with zero attached hydrogens (tertiary/aromatic N) is 3. The van der Waals surface area contributed by atoms with E-state index in [4.69, 9.17) is 4.74 Å². The Labute approximate surface area is 112 Å². The van der Waals surface area contributed by atoms with Gasteiger partial charge >= 0.3 is 6.01 Å². The molecule has 0 bridgehead atoms. The van der Waals surface area contributed by atoms with Crippen molar-refractivity contribution in [2.24, 2.45) is 0 Å². The van der Waals surface area contributed by atoms with E-state index in [0.29, 0.717) is 12.1 Å². The molecule has 1 fully saturated rings. The predicted octanol–water partition coefficient (Wildman–Crippen LogP) is 0.933. The molecule has 0 radical (unpaired) electrons. The minimum Gasteiger partial charge on any atom is -0.467 e. The molecule has 1 aliphatic heterocycles. The van der Waals surface area contributed by atoms with Crippen molar-refractivity contribution < 1.29 is 4.74 Å². The molecule has 0 aliphatic carbocycles. The molecule has 2 N–H and O–H groups in total. The van der Waals surface area contributed by atoms with Crippen molar-refractivity contribution in [3.8, 4) is 6.01 Å². The van der Waals surface area contributed by atoms with E-state index in [1.165, 1.54) is 12.0 Å². The molecular weight excluding hydrogens is 242 g/mol. The van der Waals surface area contributed by atoms with Crippen molar-refractivity contribution in [3.63, 3.8) is 0 Å². The Morgan fingerprint density at radius 1 is 1.47 bits per heavy atom. The van der Waals surface area contributed by atoms with Crippen LogP contribution in [0, 0.1) is 0 Å². The van der Waals surface area contributed by atoms with Crippen LogP contribution >= 0.6 is 0 Å². The summed E-state index contributed by atoms with van der Waals surface area (Å²) in [6.07, 6.45) is 4.97. The average molecular weight is 261 g/mol. The summed E-state index contributed by atoms with van der Waals surface area (Å²) in [5, 5.41) is 3.58. The van der Waals surface area contributed by atoms with Gasteiger partial charge < -0.3 is 19.9 Å². The first-order chi connectivity index (χ1) is 9.28. The number of H-pyrrole nitrogens is 1. The van der Waals surface area contributed by atoms with Crippen LogP contribution in [-0.2, 0) is 0 Å².